The van der Waals surface area contributed by atoms with Crippen molar-refractivity contribution < 1.29 is 8.79 Å². The number of hydrogen-bond donors (Lipinski definition) is 0. The van der Waals surface area contributed by atoms with Crippen LogP contribution in [0.15, 0.2) is 66.7 Å². The summed E-state index contributed by atoms with van der Waals surface area (Å²) >= 11 is 0. The Morgan fingerprint density at radius 3 is 2.09 bits per heavy atom. The molecule has 0 N–H and O–H groups in total. The third kappa shape index (κ3) is 2.96. The zero-order valence-electron chi connectivity index (χ0n) is 23.7. The van der Waals surface area contributed by atoms with Gasteiger partial charge in [0.25, 0.3) is 0 Å². The van der Waals surface area contributed by atoms with Crippen LogP contribution in [-0.4, -0.2) is 4.68 Å². The summed E-state index contributed by atoms with van der Waals surface area (Å²) in [7, 11) is 2.07. The fourth-order valence-electron chi connectivity index (χ4n) is 5.68. The van der Waals surface area contributed by atoms with Gasteiger partial charge in [-0.1, -0.05) is 93.3 Å². The van der Waals surface area contributed by atoms with E-state index in [-0.39, 0.29) is 0 Å². The molecule has 5 rings (SSSR count). The zero-order chi connectivity index (χ0) is 26.2. The molecule has 0 spiro atoms. The second-order valence-corrected chi connectivity index (χ2v) is 10.4. The molecule has 168 valence electrons. The largest absolute Gasteiger partial charge is 0.246 e. The van der Waals surface area contributed by atoms with Gasteiger partial charge < -0.3 is 0 Å². The van der Waals surface area contributed by atoms with Gasteiger partial charge in [0.2, 0.25) is 5.69 Å². The van der Waals surface area contributed by atoms with Gasteiger partial charge in [-0.15, -0.1) is 9.36 Å². The van der Waals surface area contributed by atoms with Gasteiger partial charge >= 0.3 is 0 Å². The molecule has 1 atom stereocenters. The van der Waals surface area contributed by atoms with Crippen molar-refractivity contribution in [3.8, 4) is 28.1 Å². The summed E-state index contributed by atoms with van der Waals surface area (Å²) < 4.78 is 31.2. The van der Waals surface area contributed by atoms with Crippen LogP contribution < -0.4 is 4.68 Å². The predicted octanol–water partition coefficient (Wildman–Crippen LogP) is 7.13. The Kier molecular flexibility index (Phi) is 3.99. The van der Waals surface area contributed by atoms with Crippen LogP contribution >= 0.6 is 0 Å². The maximum absolute atomic E-state index is 8.93. The van der Waals surface area contributed by atoms with Crippen molar-refractivity contribution >= 4 is 0 Å². The molecule has 1 unspecified atom stereocenters. The Morgan fingerprint density at radius 2 is 1.45 bits per heavy atom. The van der Waals surface area contributed by atoms with Crippen LogP contribution in [0.3, 0.4) is 0 Å². The van der Waals surface area contributed by atoms with E-state index in [1.807, 2.05) is 31.2 Å². The summed E-state index contributed by atoms with van der Waals surface area (Å²) in [5, 5.41) is 0. The van der Waals surface area contributed by atoms with Gasteiger partial charge in [-0.05, 0) is 49.6 Å². The molecular formula is C31H35N2+. The highest BCUT2D eigenvalue weighted by Crippen LogP contribution is 2.54. The minimum absolute atomic E-state index is 0.649. The third-order valence-electron chi connectivity index (χ3n) is 7.71. The molecule has 0 aliphatic carbocycles. The van der Waals surface area contributed by atoms with Gasteiger partial charge in [-0.2, -0.15) is 0 Å². The Hall–Kier alpha value is -3.13. The van der Waals surface area contributed by atoms with Crippen LogP contribution in [0.5, 0.6) is 0 Å². The highest BCUT2D eigenvalue weighted by molar-refractivity contribution is 5.83. The first-order chi connectivity index (χ1) is 16.8. The first kappa shape index (κ1) is 18.3. The van der Waals surface area contributed by atoms with E-state index in [0.717, 1.165) is 44.9 Å². The van der Waals surface area contributed by atoms with E-state index in [9.17, 15) is 0 Å². The minimum atomic E-state index is -2.25. The van der Waals surface area contributed by atoms with Crippen LogP contribution in [0.1, 0.15) is 59.7 Å². The first-order valence-electron chi connectivity index (χ1n) is 13.2. The molecule has 3 aromatic carbocycles. The van der Waals surface area contributed by atoms with Crippen LogP contribution in [0, 0.1) is 20.8 Å². The van der Waals surface area contributed by atoms with Crippen molar-refractivity contribution in [2.45, 2.75) is 59.2 Å². The lowest BCUT2D eigenvalue weighted by Gasteiger charge is -2.46. The molecule has 2 heterocycles. The lowest BCUT2D eigenvalue weighted by molar-refractivity contribution is -0.735. The molecule has 0 saturated carbocycles. The Balaban J connectivity index is 2.08. The monoisotopic (exact) mass is 438 g/mol. The summed E-state index contributed by atoms with van der Waals surface area (Å²) in [6, 6.07) is 23.1. The van der Waals surface area contributed by atoms with Crippen molar-refractivity contribution in [2.24, 2.45) is 7.05 Å². The smallest absolute Gasteiger partial charge is 0.123 e. The molecule has 1 aliphatic heterocycles. The third-order valence-corrected chi connectivity index (χ3v) is 7.71. The van der Waals surface area contributed by atoms with Crippen molar-refractivity contribution in [3.63, 3.8) is 0 Å². The van der Waals surface area contributed by atoms with Crippen LogP contribution in [0.4, 0.5) is 0 Å². The van der Waals surface area contributed by atoms with E-state index in [0.29, 0.717) is 0 Å². The molecule has 0 radical (unpaired) electrons. The average Bonchev–Trinajstić information content (AvgIpc) is 3.10. The number of fused-ring (bicyclic) bond motifs is 3. The van der Waals surface area contributed by atoms with E-state index in [2.05, 4.69) is 93.5 Å². The number of para-hydroxylation sites is 1. The summed E-state index contributed by atoms with van der Waals surface area (Å²) in [5.41, 5.74) is 8.83. The van der Waals surface area contributed by atoms with Gasteiger partial charge in [0.05, 0.1) is 5.56 Å². The number of hydrogen-bond acceptors (Lipinski definition) is 0. The molecule has 0 saturated heterocycles. The molecule has 0 amide bonds. The van der Waals surface area contributed by atoms with Crippen molar-refractivity contribution in [1.29, 1.82) is 0 Å². The maximum atomic E-state index is 8.93. The van der Waals surface area contributed by atoms with Crippen molar-refractivity contribution in [1.82, 2.24) is 4.68 Å². The van der Waals surface area contributed by atoms with Gasteiger partial charge in [0, 0.05) is 20.5 Å². The van der Waals surface area contributed by atoms with E-state index < -0.39 is 17.7 Å². The zero-order valence-corrected chi connectivity index (χ0v) is 20.7. The highest BCUT2D eigenvalue weighted by Gasteiger charge is 2.52. The van der Waals surface area contributed by atoms with E-state index in [1.54, 1.807) is 0 Å². The molecular weight excluding hydrogens is 400 g/mol. The van der Waals surface area contributed by atoms with Crippen LogP contribution in [0.2, 0.25) is 0 Å². The number of nitrogens with zero attached hydrogens (tertiary/aromatic N) is 2. The predicted molar refractivity (Wildman–Crippen MR) is 138 cm³/mol. The molecule has 0 fully saturated rings. The highest BCUT2D eigenvalue weighted by atomic mass is 15.4. The lowest BCUT2D eigenvalue weighted by Crippen LogP contribution is -2.51. The van der Waals surface area contributed by atoms with Crippen LogP contribution in [0.25, 0.3) is 28.1 Å². The molecule has 4 aromatic rings. The Morgan fingerprint density at radius 1 is 0.788 bits per heavy atom. The van der Waals surface area contributed by atoms with Crippen molar-refractivity contribution in [3.05, 3.63) is 94.7 Å². The quantitative estimate of drug-likeness (QED) is 0.294. The van der Waals surface area contributed by atoms with Gasteiger partial charge in [0.1, 0.15) is 11.4 Å². The number of aromatic nitrogens is 2. The molecule has 2 heteroatoms. The molecule has 0 bridgehead atoms. The topological polar surface area (TPSA) is 8.81 Å². The summed E-state index contributed by atoms with van der Waals surface area (Å²) in [4.78, 5) is 0. The number of rotatable bonds is 2. The fourth-order valence-corrected chi connectivity index (χ4v) is 5.68. The van der Waals surface area contributed by atoms with Gasteiger partial charge in [-0.25, -0.2) is 0 Å². The second-order valence-electron chi connectivity index (χ2n) is 10.4. The SMILES string of the molecule is [2H]C([2H])([2H])C1(C)c2c(-c3ccccc3)c(-c3cc(C)cc(C)c3)[n+](C)n2-c2c(C)cccc2C1(C)C. The average molecular weight is 439 g/mol. The van der Waals surface area contributed by atoms with E-state index >= 15 is 0 Å². The first-order valence-corrected chi connectivity index (χ1v) is 11.7. The Bertz CT molecular complexity index is 1470. The fraction of sp³-hybridized carbons (Fsp3) is 0.323. The normalized spacial score (nSPS) is 20.4. The van der Waals surface area contributed by atoms with Gasteiger partial charge in [0.15, 0.2) is 7.05 Å². The molecule has 2 nitrogen and oxygen atoms in total. The van der Waals surface area contributed by atoms with E-state index in [1.165, 1.54) is 11.1 Å². The second kappa shape index (κ2) is 7.18. The molecule has 1 aromatic heterocycles. The maximum Gasteiger partial charge on any atom is 0.246 e. The van der Waals surface area contributed by atoms with Crippen molar-refractivity contribution in [2.75, 3.05) is 0 Å². The summed E-state index contributed by atoms with van der Waals surface area (Å²) in [6.45, 7) is 10.2. The van der Waals surface area contributed by atoms with Crippen LogP contribution in [-0.2, 0) is 17.9 Å². The standard InChI is InChI=1S/C31H35N2/c1-20-17-21(2)19-24(18-20)28-26(23-14-10-9-11-15-23)29-31(6,7)30(4,5)25-16-12-13-22(3)27(25)33(29)32(28)8/h9-19H,1-8H3/q+1/i6D3. The molecule has 33 heavy (non-hydrogen) atoms. The van der Waals surface area contributed by atoms with E-state index in [4.69, 9.17) is 4.11 Å². The summed E-state index contributed by atoms with van der Waals surface area (Å²) in [5.74, 6) is 0. The molecule has 1 aliphatic rings. The summed E-state index contributed by atoms with van der Waals surface area (Å²) in [6.07, 6.45) is 0. The lowest BCUT2D eigenvalue weighted by atomic mass is 9.59. The van der Waals surface area contributed by atoms with Gasteiger partial charge in [-0.3, -0.25) is 0 Å². The minimum Gasteiger partial charge on any atom is -0.123 e. The number of aryl methyl sites for hydroxylation is 3. The number of benzene rings is 3. The Labute approximate surface area is 202 Å².